The Hall–Kier alpha value is -1.64. The van der Waals surface area contributed by atoms with Gasteiger partial charge in [0.25, 0.3) is 0 Å². The lowest BCUT2D eigenvalue weighted by Gasteiger charge is -2.16. The van der Waals surface area contributed by atoms with Gasteiger partial charge in [-0.15, -0.1) is 0 Å². The number of hydrogen-bond donors (Lipinski definition) is 2. The minimum Gasteiger partial charge on any atom is -0.388 e. The van der Waals surface area contributed by atoms with Crippen molar-refractivity contribution in [2.24, 2.45) is 0 Å². The Labute approximate surface area is 101 Å². The molecule has 0 fully saturated rings. The second-order valence-electron chi connectivity index (χ2n) is 4.09. The summed E-state index contributed by atoms with van der Waals surface area (Å²) in [6, 6.07) is 18.8. The van der Waals surface area contributed by atoms with Crippen molar-refractivity contribution in [1.82, 2.24) is 0 Å². The lowest BCUT2D eigenvalue weighted by atomic mass is 9.99. The summed E-state index contributed by atoms with van der Waals surface area (Å²) in [6.07, 6.45) is -0.952. The molecule has 0 radical (unpaired) electrons. The molecule has 2 rings (SSSR count). The highest BCUT2D eigenvalue weighted by Gasteiger charge is 2.14. The highest BCUT2D eigenvalue weighted by molar-refractivity contribution is 5.20. The van der Waals surface area contributed by atoms with Gasteiger partial charge in [-0.2, -0.15) is 0 Å². The largest absolute Gasteiger partial charge is 0.388 e. The number of rotatable bonds is 4. The summed E-state index contributed by atoms with van der Waals surface area (Å²) in [4.78, 5) is 0. The molecule has 0 spiro atoms. The van der Waals surface area contributed by atoms with Gasteiger partial charge in [0.05, 0.1) is 12.2 Å². The molecule has 0 bridgehead atoms. The molecule has 88 valence electrons. The molecule has 0 aliphatic heterocycles. The molecule has 0 unspecified atom stereocenters. The highest BCUT2D eigenvalue weighted by Crippen LogP contribution is 2.25. The average Bonchev–Trinajstić information content (AvgIpc) is 2.40. The first-order chi connectivity index (χ1) is 8.27. The minimum absolute atomic E-state index is 0.314. The molecule has 0 saturated heterocycles. The molecule has 0 amide bonds. The number of benzene rings is 2. The fraction of sp³-hybridized carbons (Fsp3) is 0.200. The Morgan fingerprint density at radius 1 is 0.647 bits per heavy atom. The normalized spacial score (nSPS) is 14.2. The SMILES string of the molecule is O[C@H](C[C@@H](O)c1ccccc1)c1ccccc1. The van der Waals surface area contributed by atoms with E-state index in [1.54, 1.807) is 0 Å². The van der Waals surface area contributed by atoms with Gasteiger partial charge in [-0.1, -0.05) is 60.7 Å². The second kappa shape index (κ2) is 5.62. The van der Waals surface area contributed by atoms with Gasteiger partial charge in [0.1, 0.15) is 0 Å². The summed E-state index contributed by atoms with van der Waals surface area (Å²) < 4.78 is 0. The lowest BCUT2D eigenvalue weighted by Crippen LogP contribution is -2.05. The summed E-state index contributed by atoms with van der Waals surface area (Å²) in [7, 11) is 0. The van der Waals surface area contributed by atoms with Crippen LogP contribution in [0.5, 0.6) is 0 Å². The van der Waals surface area contributed by atoms with Crippen LogP contribution in [0.2, 0.25) is 0 Å². The molecule has 2 N–H and O–H groups in total. The predicted molar refractivity (Wildman–Crippen MR) is 67.4 cm³/mol. The van der Waals surface area contributed by atoms with Gasteiger partial charge in [-0.25, -0.2) is 0 Å². The quantitative estimate of drug-likeness (QED) is 0.844. The maximum absolute atomic E-state index is 9.99. The summed E-state index contributed by atoms with van der Waals surface area (Å²) >= 11 is 0. The van der Waals surface area contributed by atoms with Crippen LogP contribution in [0.4, 0.5) is 0 Å². The Morgan fingerprint density at radius 3 is 1.35 bits per heavy atom. The van der Waals surface area contributed by atoms with Crippen molar-refractivity contribution in [3.63, 3.8) is 0 Å². The molecule has 17 heavy (non-hydrogen) atoms. The van der Waals surface area contributed by atoms with Gasteiger partial charge in [0.15, 0.2) is 0 Å². The molecule has 2 atom stereocenters. The molecule has 2 aromatic rings. The first-order valence-corrected chi connectivity index (χ1v) is 5.73. The number of hydrogen-bond acceptors (Lipinski definition) is 2. The Balaban J connectivity index is 2.02. The molecular formula is C15H16O2. The van der Waals surface area contributed by atoms with Crippen LogP contribution in [0.3, 0.4) is 0 Å². The van der Waals surface area contributed by atoms with Crippen LogP contribution in [-0.2, 0) is 0 Å². The van der Waals surface area contributed by atoms with Crippen LogP contribution >= 0.6 is 0 Å². The van der Waals surface area contributed by atoms with E-state index in [0.29, 0.717) is 6.42 Å². The van der Waals surface area contributed by atoms with Gasteiger partial charge in [-0.3, -0.25) is 0 Å². The van der Waals surface area contributed by atoms with E-state index in [1.807, 2.05) is 60.7 Å². The highest BCUT2D eigenvalue weighted by atomic mass is 16.3. The van der Waals surface area contributed by atoms with E-state index in [1.165, 1.54) is 0 Å². The van der Waals surface area contributed by atoms with Crippen LogP contribution in [-0.4, -0.2) is 10.2 Å². The van der Waals surface area contributed by atoms with Crippen molar-refractivity contribution in [3.8, 4) is 0 Å². The molecule has 2 aromatic carbocycles. The first-order valence-electron chi connectivity index (χ1n) is 5.73. The van der Waals surface area contributed by atoms with Crippen LogP contribution in [0.25, 0.3) is 0 Å². The van der Waals surface area contributed by atoms with Crippen molar-refractivity contribution in [2.45, 2.75) is 18.6 Å². The van der Waals surface area contributed by atoms with Crippen LogP contribution in [0, 0.1) is 0 Å². The van der Waals surface area contributed by atoms with E-state index in [4.69, 9.17) is 0 Å². The summed E-state index contributed by atoms with van der Waals surface area (Å²) in [6.45, 7) is 0. The number of aliphatic hydroxyl groups is 2. The Bertz CT molecular complexity index is 395. The summed E-state index contributed by atoms with van der Waals surface area (Å²) in [5, 5.41) is 20.0. The van der Waals surface area contributed by atoms with Crippen molar-refractivity contribution in [1.29, 1.82) is 0 Å². The van der Waals surface area contributed by atoms with Crippen molar-refractivity contribution >= 4 is 0 Å². The van der Waals surface area contributed by atoms with E-state index >= 15 is 0 Å². The molecule has 0 aliphatic carbocycles. The van der Waals surface area contributed by atoms with E-state index < -0.39 is 12.2 Å². The maximum Gasteiger partial charge on any atom is 0.0818 e. The smallest absolute Gasteiger partial charge is 0.0818 e. The van der Waals surface area contributed by atoms with Gasteiger partial charge >= 0.3 is 0 Å². The van der Waals surface area contributed by atoms with Crippen molar-refractivity contribution < 1.29 is 10.2 Å². The third kappa shape index (κ3) is 3.16. The third-order valence-corrected chi connectivity index (χ3v) is 2.82. The van der Waals surface area contributed by atoms with E-state index in [-0.39, 0.29) is 0 Å². The zero-order valence-electron chi connectivity index (χ0n) is 9.53. The van der Waals surface area contributed by atoms with Gasteiger partial charge < -0.3 is 10.2 Å². The molecule has 0 aromatic heterocycles. The molecule has 0 heterocycles. The second-order valence-corrected chi connectivity index (χ2v) is 4.09. The molecule has 0 aliphatic rings. The molecule has 2 heteroatoms. The van der Waals surface area contributed by atoms with E-state index in [9.17, 15) is 10.2 Å². The number of aliphatic hydroxyl groups excluding tert-OH is 2. The van der Waals surface area contributed by atoms with Crippen LogP contribution < -0.4 is 0 Å². The zero-order chi connectivity index (χ0) is 12.1. The monoisotopic (exact) mass is 228 g/mol. The predicted octanol–water partition coefficient (Wildman–Crippen LogP) is 2.84. The standard InChI is InChI=1S/C15H16O2/c16-14(12-7-3-1-4-8-12)11-15(17)13-9-5-2-6-10-13/h1-10,14-17H,11H2/t14-,15-/m1/s1. The average molecular weight is 228 g/mol. The minimum atomic E-state index is -0.633. The van der Waals surface area contributed by atoms with Gasteiger partial charge in [0, 0.05) is 6.42 Å². The molecule has 2 nitrogen and oxygen atoms in total. The lowest BCUT2D eigenvalue weighted by molar-refractivity contribution is 0.0804. The van der Waals surface area contributed by atoms with Crippen molar-refractivity contribution in [3.05, 3.63) is 71.8 Å². The fourth-order valence-electron chi connectivity index (χ4n) is 1.83. The topological polar surface area (TPSA) is 40.5 Å². The summed E-state index contributed by atoms with van der Waals surface area (Å²) in [5.41, 5.74) is 1.67. The Kier molecular flexibility index (Phi) is 3.91. The van der Waals surface area contributed by atoms with Crippen LogP contribution in [0.15, 0.2) is 60.7 Å². The summed E-state index contributed by atoms with van der Waals surface area (Å²) in [5.74, 6) is 0. The fourth-order valence-corrected chi connectivity index (χ4v) is 1.83. The Morgan fingerprint density at radius 2 is 1.00 bits per heavy atom. The zero-order valence-corrected chi connectivity index (χ0v) is 9.53. The van der Waals surface area contributed by atoms with E-state index in [0.717, 1.165) is 11.1 Å². The third-order valence-electron chi connectivity index (χ3n) is 2.82. The molecule has 0 saturated carbocycles. The van der Waals surface area contributed by atoms with Crippen LogP contribution in [0.1, 0.15) is 29.8 Å². The molecular weight excluding hydrogens is 212 g/mol. The maximum atomic E-state index is 9.99. The van der Waals surface area contributed by atoms with Gasteiger partial charge in [0.2, 0.25) is 0 Å². The van der Waals surface area contributed by atoms with E-state index in [2.05, 4.69) is 0 Å². The van der Waals surface area contributed by atoms with Crippen molar-refractivity contribution in [2.75, 3.05) is 0 Å². The first kappa shape index (κ1) is 11.8. The van der Waals surface area contributed by atoms with Gasteiger partial charge in [-0.05, 0) is 11.1 Å².